The second-order valence-corrected chi connectivity index (χ2v) is 3.96. The monoisotopic (exact) mass is 216 g/mol. The Kier molecular flexibility index (Phi) is 4.34. The minimum Gasteiger partial charge on any atom is -0.393 e. The first-order chi connectivity index (χ1) is 7.42. The van der Waals surface area contributed by atoms with E-state index in [4.69, 9.17) is 9.47 Å². The minimum atomic E-state index is 0.151. The van der Waals surface area contributed by atoms with Crippen LogP contribution >= 0.6 is 0 Å². The number of hydrogen-bond donors (Lipinski definition) is 1. The van der Waals surface area contributed by atoms with E-state index in [1.54, 1.807) is 0 Å². The van der Waals surface area contributed by atoms with E-state index >= 15 is 0 Å². The van der Waals surface area contributed by atoms with Gasteiger partial charge in [-0.25, -0.2) is 0 Å². The van der Waals surface area contributed by atoms with Crippen molar-refractivity contribution in [2.24, 2.45) is 0 Å². The van der Waals surface area contributed by atoms with Crippen LogP contribution in [0.5, 0.6) is 0 Å². The van der Waals surface area contributed by atoms with Crippen LogP contribution in [0.25, 0.3) is 0 Å². The Balaban J connectivity index is 1.88. The fourth-order valence-corrected chi connectivity index (χ4v) is 2.21. The van der Waals surface area contributed by atoms with Crippen LogP contribution in [0.3, 0.4) is 0 Å². The van der Waals surface area contributed by atoms with Gasteiger partial charge >= 0.3 is 0 Å². The summed E-state index contributed by atoms with van der Waals surface area (Å²) in [6, 6.07) is 0. The van der Waals surface area contributed by atoms with Crippen molar-refractivity contribution in [3.8, 4) is 0 Å². The molecule has 2 aliphatic rings. The third kappa shape index (κ3) is 2.89. The molecule has 2 saturated heterocycles. The first kappa shape index (κ1) is 11.3. The highest BCUT2D eigenvalue weighted by molar-refractivity contribution is 4.76. The van der Waals surface area contributed by atoms with E-state index in [9.17, 15) is 5.11 Å². The van der Waals surface area contributed by atoms with E-state index in [0.29, 0.717) is 0 Å². The van der Waals surface area contributed by atoms with Gasteiger partial charge in [0.1, 0.15) is 0 Å². The molecular weight excluding hydrogens is 196 g/mol. The number of aliphatic hydroxyl groups is 1. The average Bonchev–Trinajstić information content (AvgIpc) is 2.33. The number of morpholine rings is 2. The molecule has 0 saturated carbocycles. The molecule has 5 nitrogen and oxygen atoms in total. The van der Waals surface area contributed by atoms with Gasteiger partial charge in [-0.1, -0.05) is 0 Å². The summed E-state index contributed by atoms with van der Waals surface area (Å²) in [5.41, 5.74) is 0. The Labute approximate surface area is 90.6 Å². The van der Waals surface area contributed by atoms with Crippen molar-refractivity contribution < 1.29 is 14.6 Å². The Morgan fingerprint density at radius 2 is 1.27 bits per heavy atom. The largest absolute Gasteiger partial charge is 0.393 e. The predicted octanol–water partition coefficient (Wildman–Crippen LogP) is -1.03. The van der Waals surface area contributed by atoms with E-state index < -0.39 is 0 Å². The Morgan fingerprint density at radius 3 is 1.60 bits per heavy atom. The maximum atomic E-state index is 9.47. The summed E-state index contributed by atoms with van der Waals surface area (Å²) in [6.07, 6.45) is 0.151. The van der Waals surface area contributed by atoms with Gasteiger partial charge in [-0.15, -0.1) is 0 Å². The van der Waals surface area contributed by atoms with Crippen LogP contribution in [-0.2, 0) is 9.47 Å². The molecule has 2 heterocycles. The van der Waals surface area contributed by atoms with Gasteiger partial charge in [-0.05, 0) is 0 Å². The molecular formula is C10H20N2O3. The highest BCUT2D eigenvalue weighted by Gasteiger charge is 2.27. The maximum absolute atomic E-state index is 9.47. The highest BCUT2D eigenvalue weighted by Crippen LogP contribution is 2.10. The number of ether oxygens (including phenoxy) is 2. The van der Waals surface area contributed by atoms with Crippen LogP contribution in [0, 0.1) is 0 Å². The highest BCUT2D eigenvalue weighted by atomic mass is 16.5. The van der Waals surface area contributed by atoms with Crippen LogP contribution in [0.1, 0.15) is 0 Å². The molecule has 0 spiro atoms. The van der Waals surface area contributed by atoms with Gasteiger partial charge in [-0.2, -0.15) is 0 Å². The number of aliphatic hydroxyl groups excluding tert-OH is 1. The van der Waals surface area contributed by atoms with Crippen molar-refractivity contribution in [1.82, 2.24) is 9.80 Å². The third-order valence-electron chi connectivity index (χ3n) is 3.10. The zero-order valence-electron chi connectivity index (χ0n) is 9.10. The van der Waals surface area contributed by atoms with Crippen LogP contribution in [-0.4, -0.2) is 80.3 Å². The standard InChI is InChI=1S/C10H20N2O3/c13-9-10(11-1-5-14-6-2-11)12-3-7-15-8-4-12/h10,13H,1-9H2. The van der Waals surface area contributed by atoms with Crippen molar-refractivity contribution in [3.63, 3.8) is 0 Å². The topological polar surface area (TPSA) is 45.2 Å². The van der Waals surface area contributed by atoms with E-state index in [1.165, 1.54) is 0 Å². The second-order valence-electron chi connectivity index (χ2n) is 3.96. The van der Waals surface area contributed by atoms with Gasteiger partial charge < -0.3 is 14.6 Å². The lowest BCUT2D eigenvalue weighted by Crippen LogP contribution is -2.56. The van der Waals surface area contributed by atoms with Crippen LogP contribution < -0.4 is 0 Å². The number of hydrogen-bond acceptors (Lipinski definition) is 5. The van der Waals surface area contributed by atoms with Gasteiger partial charge in [0.2, 0.25) is 0 Å². The van der Waals surface area contributed by atoms with Gasteiger partial charge in [0.15, 0.2) is 0 Å². The quantitative estimate of drug-likeness (QED) is 0.653. The first-order valence-electron chi connectivity index (χ1n) is 5.66. The van der Waals surface area contributed by atoms with Crippen molar-refractivity contribution in [1.29, 1.82) is 0 Å². The van der Waals surface area contributed by atoms with Crippen LogP contribution in [0.4, 0.5) is 0 Å². The van der Waals surface area contributed by atoms with Crippen molar-refractivity contribution >= 4 is 0 Å². The summed E-state index contributed by atoms with van der Waals surface area (Å²) in [7, 11) is 0. The molecule has 1 N–H and O–H groups in total. The lowest BCUT2D eigenvalue weighted by molar-refractivity contribution is -0.0817. The molecule has 0 amide bonds. The summed E-state index contributed by atoms with van der Waals surface area (Å²) in [5, 5.41) is 9.47. The Hall–Kier alpha value is -0.200. The molecule has 2 aliphatic heterocycles. The van der Waals surface area contributed by atoms with Crippen molar-refractivity contribution in [2.45, 2.75) is 6.17 Å². The molecule has 0 aromatic rings. The maximum Gasteiger partial charge on any atom is 0.0864 e. The van der Waals surface area contributed by atoms with E-state index in [1.807, 2.05) is 0 Å². The molecule has 5 heteroatoms. The molecule has 0 aliphatic carbocycles. The average molecular weight is 216 g/mol. The predicted molar refractivity (Wildman–Crippen MR) is 55.7 cm³/mol. The molecule has 0 radical (unpaired) electrons. The number of rotatable bonds is 3. The summed E-state index contributed by atoms with van der Waals surface area (Å²) in [5.74, 6) is 0. The molecule has 88 valence electrons. The Morgan fingerprint density at radius 1 is 0.867 bits per heavy atom. The molecule has 2 rings (SSSR count). The molecule has 15 heavy (non-hydrogen) atoms. The molecule has 0 aromatic heterocycles. The number of nitrogens with zero attached hydrogens (tertiary/aromatic N) is 2. The lowest BCUT2D eigenvalue weighted by atomic mass is 10.3. The first-order valence-corrected chi connectivity index (χ1v) is 5.66. The molecule has 0 aromatic carbocycles. The second kappa shape index (κ2) is 5.77. The zero-order chi connectivity index (χ0) is 10.5. The Bertz CT molecular complexity index is 162. The normalized spacial score (nSPS) is 26.0. The van der Waals surface area contributed by atoms with E-state index in [0.717, 1.165) is 52.6 Å². The van der Waals surface area contributed by atoms with Gasteiger partial charge in [0.05, 0.1) is 39.2 Å². The summed E-state index contributed by atoms with van der Waals surface area (Å²) < 4.78 is 10.6. The molecule has 0 bridgehead atoms. The lowest BCUT2D eigenvalue weighted by Gasteiger charge is -2.41. The van der Waals surface area contributed by atoms with Gasteiger partial charge in [0.25, 0.3) is 0 Å². The molecule has 0 unspecified atom stereocenters. The van der Waals surface area contributed by atoms with Crippen LogP contribution in [0.2, 0.25) is 0 Å². The van der Waals surface area contributed by atoms with Crippen molar-refractivity contribution in [3.05, 3.63) is 0 Å². The summed E-state index contributed by atoms with van der Waals surface area (Å²) in [4.78, 5) is 4.60. The minimum absolute atomic E-state index is 0.151. The van der Waals surface area contributed by atoms with E-state index in [-0.39, 0.29) is 12.8 Å². The van der Waals surface area contributed by atoms with Crippen molar-refractivity contribution in [2.75, 3.05) is 59.2 Å². The third-order valence-corrected chi connectivity index (χ3v) is 3.10. The fraction of sp³-hybridized carbons (Fsp3) is 1.00. The summed E-state index contributed by atoms with van der Waals surface area (Å²) in [6.45, 7) is 6.99. The summed E-state index contributed by atoms with van der Waals surface area (Å²) >= 11 is 0. The van der Waals surface area contributed by atoms with Gasteiger partial charge in [-0.3, -0.25) is 9.80 Å². The fourth-order valence-electron chi connectivity index (χ4n) is 2.21. The molecule has 2 fully saturated rings. The SMILES string of the molecule is OCC(N1CCOCC1)N1CCOCC1. The smallest absolute Gasteiger partial charge is 0.0864 e. The van der Waals surface area contributed by atoms with Gasteiger partial charge in [0, 0.05) is 26.2 Å². The zero-order valence-corrected chi connectivity index (χ0v) is 9.10. The van der Waals surface area contributed by atoms with E-state index in [2.05, 4.69) is 9.80 Å². The molecule has 0 atom stereocenters. The van der Waals surface area contributed by atoms with Crippen LogP contribution in [0.15, 0.2) is 0 Å².